The molecule has 1 aromatic rings. The lowest BCUT2D eigenvalue weighted by atomic mass is 10.3. The molecule has 0 saturated carbocycles. The van der Waals surface area contributed by atoms with Crippen LogP contribution >= 0.6 is 7.60 Å². The molecule has 1 heterocycles. The van der Waals surface area contributed by atoms with E-state index in [-0.39, 0.29) is 5.76 Å². The van der Waals surface area contributed by atoms with E-state index in [4.69, 9.17) is 13.5 Å². The van der Waals surface area contributed by atoms with Gasteiger partial charge in [-0.15, -0.1) is 0 Å². The summed E-state index contributed by atoms with van der Waals surface area (Å²) in [5, 5.41) is 8.21. The first-order chi connectivity index (χ1) is 6.48. The molecule has 0 radical (unpaired) electrons. The van der Waals surface area contributed by atoms with Gasteiger partial charge in [-0.2, -0.15) is 0 Å². The highest BCUT2D eigenvalue weighted by Gasteiger charge is 2.48. The molecular formula is C8H13O5P. The molecule has 0 aliphatic rings. The van der Waals surface area contributed by atoms with E-state index in [1.54, 1.807) is 6.07 Å². The zero-order chi connectivity index (χ0) is 10.8. The summed E-state index contributed by atoms with van der Waals surface area (Å²) in [5.41, 5.74) is 0. The van der Waals surface area contributed by atoms with Gasteiger partial charge in [0.1, 0.15) is 5.76 Å². The Labute approximate surface area is 82.2 Å². The van der Waals surface area contributed by atoms with E-state index >= 15 is 0 Å². The van der Waals surface area contributed by atoms with Gasteiger partial charge in [0, 0.05) is 14.2 Å². The van der Waals surface area contributed by atoms with Gasteiger partial charge in [0.25, 0.3) is 0 Å². The van der Waals surface area contributed by atoms with Crippen LogP contribution in [0.15, 0.2) is 22.8 Å². The highest BCUT2D eigenvalue weighted by atomic mass is 31.2. The zero-order valence-corrected chi connectivity index (χ0v) is 9.15. The molecule has 1 atom stereocenters. The maximum Gasteiger partial charge on any atom is 0.368 e. The minimum absolute atomic E-state index is 0.143. The Kier molecular flexibility index (Phi) is 3.17. The maximum absolute atomic E-state index is 11.9. The Bertz CT molecular complexity index is 322. The maximum atomic E-state index is 11.9. The van der Waals surface area contributed by atoms with Crippen molar-refractivity contribution in [3.8, 4) is 0 Å². The Morgan fingerprint density at radius 3 is 2.43 bits per heavy atom. The normalized spacial score (nSPS) is 16.6. The van der Waals surface area contributed by atoms with E-state index in [9.17, 15) is 9.67 Å². The molecule has 1 rings (SSSR count). The quantitative estimate of drug-likeness (QED) is 0.785. The summed E-state index contributed by atoms with van der Waals surface area (Å²) in [6.45, 7) is 1.32. The lowest BCUT2D eigenvalue weighted by Gasteiger charge is -2.27. The van der Waals surface area contributed by atoms with Crippen molar-refractivity contribution in [2.45, 2.75) is 12.3 Å². The molecule has 0 fully saturated rings. The van der Waals surface area contributed by atoms with Crippen LogP contribution in [0.25, 0.3) is 0 Å². The molecule has 0 amide bonds. The van der Waals surface area contributed by atoms with E-state index < -0.39 is 12.9 Å². The van der Waals surface area contributed by atoms with Crippen molar-refractivity contribution in [3.63, 3.8) is 0 Å². The smallest absolute Gasteiger partial charge is 0.368 e. The van der Waals surface area contributed by atoms with E-state index in [1.807, 2.05) is 0 Å². The Balaban J connectivity index is 3.12. The second kappa shape index (κ2) is 3.87. The van der Waals surface area contributed by atoms with Gasteiger partial charge in [-0.1, -0.05) is 0 Å². The van der Waals surface area contributed by atoms with E-state index in [1.165, 1.54) is 33.5 Å². The molecule has 1 N–H and O–H groups in total. The fourth-order valence-corrected chi connectivity index (χ4v) is 2.37. The molecule has 1 aromatic heterocycles. The van der Waals surface area contributed by atoms with E-state index in [2.05, 4.69) is 0 Å². The highest BCUT2D eigenvalue weighted by Crippen LogP contribution is 2.62. The van der Waals surface area contributed by atoms with Crippen LogP contribution in [0.2, 0.25) is 0 Å². The van der Waals surface area contributed by atoms with E-state index in [0.29, 0.717) is 0 Å². The van der Waals surface area contributed by atoms with Gasteiger partial charge in [-0.3, -0.25) is 4.57 Å². The van der Waals surface area contributed by atoms with Gasteiger partial charge in [-0.25, -0.2) is 0 Å². The standard InChI is InChI=1S/C8H13O5P/c1-8(9,7-5-4-6-13-7)14(10,11-2)12-3/h4-6,9H,1-3H3/t8-/m0/s1. The number of rotatable bonds is 4. The summed E-state index contributed by atoms with van der Waals surface area (Å²) in [5.74, 6) is 0.143. The van der Waals surface area contributed by atoms with Crippen molar-refractivity contribution in [2.24, 2.45) is 0 Å². The third kappa shape index (κ3) is 1.64. The third-order valence-electron chi connectivity index (χ3n) is 2.00. The van der Waals surface area contributed by atoms with Gasteiger partial charge in [0.05, 0.1) is 6.26 Å². The topological polar surface area (TPSA) is 68.9 Å². The van der Waals surface area contributed by atoms with Crippen molar-refractivity contribution in [1.82, 2.24) is 0 Å². The number of furan rings is 1. The van der Waals surface area contributed by atoms with Crippen LogP contribution in [0.1, 0.15) is 12.7 Å². The Morgan fingerprint density at radius 2 is 2.07 bits per heavy atom. The molecule has 0 unspecified atom stereocenters. The molecular weight excluding hydrogens is 207 g/mol. The molecule has 0 aliphatic carbocycles. The average Bonchev–Trinajstić information content (AvgIpc) is 2.69. The van der Waals surface area contributed by atoms with Gasteiger partial charge >= 0.3 is 7.60 Å². The Hall–Kier alpha value is -0.610. The lowest BCUT2D eigenvalue weighted by Crippen LogP contribution is -2.22. The summed E-state index contributed by atoms with van der Waals surface area (Å²) >= 11 is 0. The first-order valence-corrected chi connectivity index (χ1v) is 5.50. The highest BCUT2D eigenvalue weighted by molar-refractivity contribution is 7.54. The minimum atomic E-state index is -3.61. The lowest BCUT2D eigenvalue weighted by molar-refractivity contribution is 0.0733. The predicted octanol–water partition coefficient (Wildman–Crippen LogP) is 1.93. The molecule has 0 aromatic carbocycles. The Morgan fingerprint density at radius 1 is 1.50 bits per heavy atom. The number of hydrogen-bond acceptors (Lipinski definition) is 5. The molecule has 0 spiro atoms. The van der Waals surface area contributed by atoms with Crippen molar-refractivity contribution in [3.05, 3.63) is 24.2 Å². The predicted molar refractivity (Wildman–Crippen MR) is 49.9 cm³/mol. The zero-order valence-electron chi connectivity index (χ0n) is 8.26. The summed E-state index contributed by atoms with van der Waals surface area (Å²) in [6, 6.07) is 3.09. The molecule has 5 nitrogen and oxygen atoms in total. The van der Waals surface area contributed by atoms with Gasteiger partial charge in [0.15, 0.2) is 0 Å². The molecule has 6 heteroatoms. The SMILES string of the molecule is COP(=O)(OC)[C@](C)(O)c1ccco1. The van der Waals surface area contributed by atoms with Gasteiger partial charge in [-0.05, 0) is 19.1 Å². The first-order valence-electron chi connectivity index (χ1n) is 3.96. The average molecular weight is 220 g/mol. The van der Waals surface area contributed by atoms with Crippen LogP contribution in [-0.2, 0) is 19.0 Å². The minimum Gasteiger partial charge on any atom is -0.466 e. The summed E-state index contributed by atoms with van der Waals surface area (Å²) in [4.78, 5) is 0. The molecule has 80 valence electrons. The van der Waals surface area contributed by atoms with Crippen LogP contribution in [0.5, 0.6) is 0 Å². The van der Waals surface area contributed by atoms with Gasteiger partial charge < -0.3 is 18.6 Å². The van der Waals surface area contributed by atoms with Crippen molar-refractivity contribution in [1.29, 1.82) is 0 Å². The number of hydrogen-bond donors (Lipinski definition) is 1. The van der Waals surface area contributed by atoms with Crippen LogP contribution in [0.3, 0.4) is 0 Å². The molecule has 0 saturated heterocycles. The molecule has 0 aliphatic heterocycles. The monoisotopic (exact) mass is 220 g/mol. The second-order valence-corrected chi connectivity index (χ2v) is 5.46. The fourth-order valence-electron chi connectivity index (χ4n) is 1.11. The van der Waals surface area contributed by atoms with Crippen molar-refractivity contribution < 1.29 is 23.1 Å². The summed E-state index contributed by atoms with van der Waals surface area (Å²) in [6.07, 6.45) is 1.37. The second-order valence-electron chi connectivity index (χ2n) is 2.86. The summed E-state index contributed by atoms with van der Waals surface area (Å²) in [7, 11) is -1.19. The fraction of sp³-hybridized carbons (Fsp3) is 0.500. The van der Waals surface area contributed by atoms with Gasteiger partial charge in [0.2, 0.25) is 5.34 Å². The first kappa shape index (κ1) is 11.5. The van der Waals surface area contributed by atoms with Crippen molar-refractivity contribution in [2.75, 3.05) is 14.2 Å². The van der Waals surface area contributed by atoms with Crippen LogP contribution in [-0.4, -0.2) is 19.3 Å². The summed E-state index contributed by atoms with van der Waals surface area (Å²) < 4.78 is 26.3. The van der Waals surface area contributed by atoms with Crippen LogP contribution in [0.4, 0.5) is 0 Å². The van der Waals surface area contributed by atoms with Crippen molar-refractivity contribution >= 4 is 7.60 Å². The third-order valence-corrected chi connectivity index (χ3v) is 4.25. The molecule has 14 heavy (non-hydrogen) atoms. The van der Waals surface area contributed by atoms with Crippen LogP contribution < -0.4 is 0 Å². The largest absolute Gasteiger partial charge is 0.466 e. The molecule has 0 bridgehead atoms. The number of aliphatic hydroxyl groups is 1. The van der Waals surface area contributed by atoms with Crippen LogP contribution in [0, 0.1) is 0 Å². The van der Waals surface area contributed by atoms with E-state index in [0.717, 1.165) is 0 Å².